The molecule has 4 N–H and O–H groups in total. The summed E-state index contributed by atoms with van der Waals surface area (Å²) in [5.74, 6) is 6.05. The molecular formula is C14H24N4O. The highest BCUT2D eigenvalue weighted by Crippen LogP contribution is 2.07. The molecule has 0 spiro atoms. The van der Waals surface area contributed by atoms with Gasteiger partial charge in [0.1, 0.15) is 0 Å². The third-order valence-corrected chi connectivity index (χ3v) is 2.77. The minimum absolute atomic E-state index is 0.611. The van der Waals surface area contributed by atoms with Gasteiger partial charge in [-0.05, 0) is 31.4 Å². The summed E-state index contributed by atoms with van der Waals surface area (Å²) in [5, 5.41) is 3.15. The lowest BCUT2D eigenvalue weighted by atomic mass is 10.1. The number of ether oxygens (including phenoxy) is 1. The molecule has 1 rings (SSSR count). The minimum Gasteiger partial charge on any atom is -0.382 e. The lowest BCUT2D eigenvalue weighted by Crippen LogP contribution is -2.42. The van der Waals surface area contributed by atoms with E-state index in [9.17, 15) is 0 Å². The lowest BCUT2D eigenvalue weighted by molar-refractivity contribution is 0.145. The lowest BCUT2D eigenvalue weighted by Gasteiger charge is -2.09. The van der Waals surface area contributed by atoms with E-state index in [1.807, 2.05) is 19.1 Å². The fourth-order valence-electron chi connectivity index (χ4n) is 1.63. The van der Waals surface area contributed by atoms with E-state index in [-0.39, 0.29) is 0 Å². The van der Waals surface area contributed by atoms with Crippen molar-refractivity contribution in [1.82, 2.24) is 10.7 Å². The first-order valence-electron chi connectivity index (χ1n) is 6.65. The molecule has 106 valence electrons. The van der Waals surface area contributed by atoms with Crippen LogP contribution in [0.4, 0.5) is 0 Å². The Balaban J connectivity index is 2.37. The Kier molecular flexibility index (Phi) is 7.62. The number of hydrogen-bond donors (Lipinski definition) is 3. The van der Waals surface area contributed by atoms with Gasteiger partial charge >= 0.3 is 0 Å². The van der Waals surface area contributed by atoms with Crippen molar-refractivity contribution in [2.24, 2.45) is 10.8 Å². The van der Waals surface area contributed by atoms with Crippen LogP contribution >= 0.6 is 0 Å². The first-order chi connectivity index (χ1) is 9.27. The summed E-state index contributed by atoms with van der Waals surface area (Å²) in [4.78, 5) is 4.42. The number of rotatable bonds is 7. The summed E-state index contributed by atoms with van der Waals surface area (Å²) in [6, 6.07) is 8.19. The quantitative estimate of drug-likeness (QED) is 0.228. The zero-order chi connectivity index (χ0) is 13.9. The van der Waals surface area contributed by atoms with Gasteiger partial charge in [0.25, 0.3) is 0 Å². The van der Waals surface area contributed by atoms with E-state index >= 15 is 0 Å². The van der Waals surface area contributed by atoms with Gasteiger partial charge in [0.2, 0.25) is 5.96 Å². The van der Waals surface area contributed by atoms with E-state index < -0.39 is 0 Å². The fraction of sp³-hybridized carbons (Fsp3) is 0.500. The zero-order valence-electron chi connectivity index (χ0n) is 11.8. The van der Waals surface area contributed by atoms with Crippen LogP contribution in [0.5, 0.6) is 0 Å². The van der Waals surface area contributed by atoms with Crippen molar-refractivity contribution in [3.8, 4) is 0 Å². The van der Waals surface area contributed by atoms with Gasteiger partial charge in [0.15, 0.2) is 0 Å². The molecule has 19 heavy (non-hydrogen) atoms. The second-order valence-corrected chi connectivity index (χ2v) is 4.21. The average molecular weight is 264 g/mol. The van der Waals surface area contributed by atoms with Crippen LogP contribution in [-0.2, 0) is 11.3 Å². The average Bonchev–Trinajstić information content (AvgIpc) is 2.43. The predicted molar refractivity (Wildman–Crippen MR) is 78.8 cm³/mol. The molecule has 0 amide bonds. The van der Waals surface area contributed by atoms with Crippen molar-refractivity contribution in [2.75, 3.05) is 19.8 Å². The Hall–Kier alpha value is -1.59. The molecule has 0 aliphatic heterocycles. The minimum atomic E-state index is 0.611. The number of hydrazine groups is 1. The summed E-state index contributed by atoms with van der Waals surface area (Å²) in [5.41, 5.74) is 5.02. The number of hydrogen-bond acceptors (Lipinski definition) is 3. The number of aliphatic imine (C=N–C) groups is 1. The van der Waals surface area contributed by atoms with Crippen molar-refractivity contribution in [2.45, 2.75) is 26.8 Å². The fourth-order valence-corrected chi connectivity index (χ4v) is 1.63. The maximum Gasteiger partial charge on any atom is 0.206 e. The van der Waals surface area contributed by atoms with Crippen LogP contribution in [0.15, 0.2) is 29.3 Å². The maximum absolute atomic E-state index is 5.44. The molecule has 0 radical (unpaired) electrons. The normalized spacial score (nSPS) is 11.4. The second-order valence-electron chi connectivity index (χ2n) is 4.21. The van der Waals surface area contributed by atoms with Gasteiger partial charge in [0, 0.05) is 19.8 Å². The molecular weight excluding hydrogens is 240 g/mol. The maximum atomic E-state index is 5.44. The second kappa shape index (κ2) is 9.35. The monoisotopic (exact) mass is 264 g/mol. The molecule has 0 unspecified atom stereocenters. The van der Waals surface area contributed by atoms with Gasteiger partial charge in [0.05, 0.1) is 6.54 Å². The van der Waals surface area contributed by atoms with Gasteiger partial charge in [-0.25, -0.2) is 10.8 Å². The molecule has 0 aliphatic rings. The van der Waals surface area contributed by atoms with Crippen LogP contribution in [0.1, 0.15) is 24.5 Å². The van der Waals surface area contributed by atoms with Crippen molar-refractivity contribution in [3.63, 3.8) is 0 Å². The molecule has 1 aromatic rings. The van der Waals surface area contributed by atoms with E-state index in [1.165, 1.54) is 11.1 Å². The van der Waals surface area contributed by atoms with E-state index in [2.05, 4.69) is 34.8 Å². The molecule has 0 saturated carbocycles. The number of nitrogens with one attached hydrogen (secondary N) is 2. The van der Waals surface area contributed by atoms with Crippen molar-refractivity contribution in [1.29, 1.82) is 0 Å². The number of aryl methyl sites for hydroxylation is 1. The Labute approximate surface area is 115 Å². The molecule has 0 aliphatic carbocycles. The Morgan fingerprint density at radius 3 is 2.84 bits per heavy atom. The number of guanidine groups is 1. The third kappa shape index (κ3) is 6.22. The van der Waals surface area contributed by atoms with E-state index in [0.717, 1.165) is 26.2 Å². The van der Waals surface area contributed by atoms with Crippen LogP contribution in [-0.4, -0.2) is 25.7 Å². The number of nitrogens with two attached hydrogens (primary N) is 1. The first kappa shape index (κ1) is 15.5. The zero-order valence-corrected chi connectivity index (χ0v) is 11.8. The van der Waals surface area contributed by atoms with Gasteiger partial charge < -0.3 is 10.1 Å². The van der Waals surface area contributed by atoms with Crippen molar-refractivity contribution in [3.05, 3.63) is 35.4 Å². The summed E-state index contributed by atoms with van der Waals surface area (Å²) in [7, 11) is 0. The predicted octanol–water partition coefficient (Wildman–Crippen LogP) is 1.33. The molecule has 0 aromatic heterocycles. The van der Waals surface area contributed by atoms with Crippen LogP contribution in [0.25, 0.3) is 0 Å². The van der Waals surface area contributed by atoms with Gasteiger partial charge in [-0.1, -0.05) is 24.3 Å². The van der Waals surface area contributed by atoms with Gasteiger partial charge in [-0.2, -0.15) is 0 Å². The Morgan fingerprint density at radius 1 is 1.37 bits per heavy atom. The van der Waals surface area contributed by atoms with E-state index in [1.54, 1.807) is 0 Å². The molecule has 0 saturated heterocycles. The molecule has 5 heteroatoms. The smallest absolute Gasteiger partial charge is 0.206 e. The van der Waals surface area contributed by atoms with Crippen molar-refractivity contribution < 1.29 is 4.74 Å². The van der Waals surface area contributed by atoms with E-state index in [0.29, 0.717) is 12.5 Å². The molecule has 1 aromatic carbocycles. The highest BCUT2D eigenvalue weighted by molar-refractivity contribution is 5.79. The molecule has 0 heterocycles. The standard InChI is InChI=1S/C14H24N4O/c1-3-19-10-6-9-16-14(18-15)17-11-13-8-5-4-7-12(13)2/h4-5,7-8H,3,6,9-11,15H2,1-2H3,(H2,16,17,18). The highest BCUT2D eigenvalue weighted by Gasteiger charge is 1.98. The van der Waals surface area contributed by atoms with Crippen LogP contribution < -0.4 is 16.6 Å². The van der Waals surface area contributed by atoms with Gasteiger partial charge in [-0.15, -0.1) is 0 Å². The SMILES string of the molecule is CCOCCCNC(=NCc1ccccc1C)NN. The summed E-state index contributed by atoms with van der Waals surface area (Å²) < 4.78 is 5.26. The van der Waals surface area contributed by atoms with Crippen LogP contribution in [0.3, 0.4) is 0 Å². The third-order valence-electron chi connectivity index (χ3n) is 2.77. The van der Waals surface area contributed by atoms with E-state index in [4.69, 9.17) is 10.6 Å². The Morgan fingerprint density at radius 2 is 2.16 bits per heavy atom. The molecule has 5 nitrogen and oxygen atoms in total. The largest absolute Gasteiger partial charge is 0.382 e. The topological polar surface area (TPSA) is 71.7 Å². The van der Waals surface area contributed by atoms with Gasteiger partial charge in [-0.3, -0.25) is 5.43 Å². The summed E-state index contributed by atoms with van der Waals surface area (Å²) in [6.07, 6.45) is 0.929. The van der Waals surface area contributed by atoms with Crippen LogP contribution in [0, 0.1) is 6.92 Å². The van der Waals surface area contributed by atoms with Crippen LogP contribution in [0.2, 0.25) is 0 Å². The molecule has 0 fully saturated rings. The first-order valence-corrected chi connectivity index (χ1v) is 6.65. The number of nitrogens with zero attached hydrogens (tertiary/aromatic N) is 1. The summed E-state index contributed by atoms with van der Waals surface area (Å²) in [6.45, 7) is 6.98. The highest BCUT2D eigenvalue weighted by atomic mass is 16.5. The summed E-state index contributed by atoms with van der Waals surface area (Å²) >= 11 is 0. The number of benzene rings is 1. The molecule has 0 atom stereocenters. The van der Waals surface area contributed by atoms with Crippen molar-refractivity contribution >= 4 is 5.96 Å². The Bertz CT molecular complexity index is 393. The molecule has 0 bridgehead atoms.